The van der Waals surface area contributed by atoms with Crippen molar-refractivity contribution in [1.82, 2.24) is 5.32 Å². The molecule has 1 atom stereocenters. The number of nitrogens with one attached hydrogen (secondary N) is 1. The lowest BCUT2D eigenvalue weighted by atomic mass is 9.93. The summed E-state index contributed by atoms with van der Waals surface area (Å²) in [6.07, 6.45) is 0.897. The Balaban J connectivity index is 2.00. The van der Waals surface area contributed by atoms with Gasteiger partial charge in [-0.3, -0.25) is 4.79 Å². The molecular formula is C15H16N2OS. The lowest BCUT2D eigenvalue weighted by Crippen LogP contribution is -2.32. The van der Waals surface area contributed by atoms with Gasteiger partial charge < -0.3 is 11.1 Å². The van der Waals surface area contributed by atoms with Gasteiger partial charge in [0.25, 0.3) is 5.91 Å². The van der Waals surface area contributed by atoms with Crippen molar-refractivity contribution in [2.75, 3.05) is 6.54 Å². The fourth-order valence-corrected chi connectivity index (χ4v) is 3.38. The van der Waals surface area contributed by atoms with E-state index in [0.717, 1.165) is 35.2 Å². The molecule has 0 aliphatic carbocycles. The molecule has 3 N–H and O–H groups in total. The molecule has 0 bridgehead atoms. The predicted molar refractivity (Wildman–Crippen MR) is 77.6 cm³/mol. The largest absolute Gasteiger partial charge is 0.352 e. The van der Waals surface area contributed by atoms with E-state index in [1.165, 1.54) is 5.56 Å². The van der Waals surface area contributed by atoms with E-state index in [-0.39, 0.29) is 11.9 Å². The number of hydrogen-bond acceptors (Lipinski definition) is 3. The fraction of sp³-hybridized carbons (Fsp3) is 0.267. The van der Waals surface area contributed by atoms with Crippen LogP contribution in [-0.2, 0) is 6.42 Å². The second-order valence-corrected chi connectivity index (χ2v) is 5.65. The highest BCUT2D eigenvalue weighted by atomic mass is 32.1. The minimum atomic E-state index is -0.161. The van der Waals surface area contributed by atoms with Crippen LogP contribution in [0.3, 0.4) is 0 Å². The normalized spacial score (nSPS) is 15.8. The van der Waals surface area contributed by atoms with Gasteiger partial charge in [0.15, 0.2) is 0 Å². The van der Waals surface area contributed by atoms with Gasteiger partial charge in [0.1, 0.15) is 0 Å². The van der Waals surface area contributed by atoms with Crippen LogP contribution in [0.25, 0.3) is 0 Å². The summed E-state index contributed by atoms with van der Waals surface area (Å²) in [4.78, 5) is 11.9. The number of benzene rings is 1. The van der Waals surface area contributed by atoms with E-state index in [0.29, 0.717) is 0 Å². The molecule has 19 heavy (non-hydrogen) atoms. The highest BCUT2D eigenvalue weighted by Crippen LogP contribution is 2.27. The van der Waals surface area contributed by atoms with Gasteiger partial charge in [0.05, 0.1) is 6.04 Å². The molecular weight excluding hydrogens is 256 g/mol. The molecule has 0 spiro atoms. The summed E-state index contributed by atoms with van der Waals surface area (Å²) in [5.74, 6) is 0.0114. The summed E-state index contributed by atoms with van der Waals surface area (Å²) in [6, 6.07) is 5.85. The van der Waals surface area contributed by atoms with E-state index in [4.69, 9.17) is 5.73 Å². The molecule has 98 valence electrons. The van der Waals surface area contributed by atoms with E-state index in [2.05, 4.69) is 23.0 Å². The van der Waals surface area contributed by atoms with Crippen LogP contribution < -0.4 is 11.1 Å². The number of aryl methyl sites for hydroxylation is 1. The molecule has 3 nitrogen and oxygen atoms in total. The lowest BCUT2D eigenvalue weighted by Gasteiger charge is -2.19. The molecule has 1 unspecified atom stereocenters. The van der Waals surface area contributed by atoms with Crippen molar-refractivity contribution in [2.24, 2.45) is 5.73 Å². The quantitative estimate of drug-likeness (QED) is 0.882. The third kappa shape index (κ3) is 2.17. The van der Waals surface area contributed by atoms with Crippen LogP contribution in [-0.4, -0.2) is 12.5 Å². The second kappa shape index (κ2) is 4.79. The molecule has 0 radical (unpaired) electrons. The Hall–Kier alpha value is -1.65. The monoisotopic (exact) mass is 272 g/mol. The summed E-state index contributed by atoms with van der Waals surface area (Å²) in [6.45, 7) is 2.79. The van der Waals surface area contributed by atoms with E-state index in [1.807, 2.05) is 18.2 Å². The Morgan fingerprint density at radius 3 is 2.95 bits per heavy atom. The van der Waals surface area contributed by atoms with Crippen LogP contribution in [0.15, 0.2) is 29.0 Å². The van der Waals surface area contributed by atoms with Crippen molar-refractivity contribution in [1.29, 1.82) is 0 Å². The molecule has 1 aromatic carbocycles. The molecule has 0 fully saturated rings. The average Bonchev–Trinajstić information content (AvgIpc) is 2.84. The summed E-state index contributed by atoms with van der Waals surface area (Å²) in [5, 5.41) is 7.05. The number of thiophene rings is 1. The fourth-order valence-electron chi connectivity index (χ4n) is 2.49. The Bertz CT molecular complexity index is 633. The Labute approximate surface area is 116 Å². The van der Waals surface area contributed by atoms with Crippen molar-refractivity contribution >= 4 is 17.2 Å². The first kappa shape index (κ1) is 12.4. The average molecular weight is 272 g/mol. The first-order valence-corrected chi connectivity index (χ1v) is 7.30. The third-order valence-corrected chi connectivity index (χ3v) is 4.53. The summed E-state index contributed by atoms with van der Waals surface area (Å²) in [7, 11) is 0. The van der Waals surface area contributed by atoms with Crippen LogP contribution in [0.2, 0.25) is 0 Å². The van der Waals surface area contributed by atoms with Crippen molar-refractivity contribution in [3.8, 4) is 0 Å². The van der Waals surface area contributed by atoms with E-state index < -0.39 is 0 Å². The molecule has 2 heterocycles. The summed E-state index contributed by atoms with van der Waals surface area (Å²) in [5.41, 5.74) is 11.5. The van der Waals surface area contributed by atoms with Gasteiger partial charge in [-0.25, -0.2) is 0 Å². The van der Waals surface area contributed by atoms with E-state index in [9.17, 15) is 4.79 Å². The van der Waals surface area contributed by atoms with Gasteiger partial charge in [-0.05, 0) is 52.4 Å². The zero-order valence-electron chi connectivity index (χ0n) is 10.8. The smallest absolute Gasteiger partial charge is 0.251 e. The number of carbonyl (C=O) groups excluding carboxylic acids is 1. The summed E-state index contributed by atoms with van der Waals surface area (Å²) >= 11 is 1.66. The molecule has 1 aliphatic heterocycles. The number of fused-ring (bicyclic) bond motifs is 1. The van der Waals surface area contributed by atoms with Crippen molar-refractivity contribution in [2.45, 2.75) is 19.4 Å². The zero-order chi connectivity index (χ0) is 13.4. The van der Waals surface area contributed by atoms with Crippen molar-refractivity contribution in [3.63, 3.8) is 0 Å². The maximum Gasteiger partial charge on any atom is 0.251 e. The first-order valence-electron chi connectivity index (χ1n) is 6.36. The standard InChI is InChI=1S/C15H16N2OS/c1-9-7-19-8-13(9)14(16)11-3-2-10-4-5-17-15(18)12(10)6-11/h2-3,6-8,14H,4-5,16H2,1H3,(H,17,18). The Morgan fingerprint density at radius 1 is 1.37 bits per heavy atom. The second-order valence-electron chi connectivity index (χ2n) is 4.91. The molecule has 1 aromatic heterocycles. The maximum absolute atomic E-state index is 11.9. The first-order chi connectivity index (χ1) is 9.16. The molecule has 1 aliphatic rings. The lowest BCUT2D eigenvalue weighted by molar-refractivity contribution is 0.0946. The number of hydrogen-bond donors (Lipinski definition) is 2. The third-order valence-electron chi connectivity index (χ3n) is 3.65. The molecule has 1 amide bonds. The van der Waals surface area contributed by atoms with Gasteiger partial charge in [0, 0.05) is 12.1 Å². The number of carbonyl (C=O) groups is 1. The van der Waals surface area contributed by atoms with Gasteiger partial charge in [-0.15, -0.1) is 0 Å². The maximum atomic E-state index is 11.9. The Kier molecular flexibility index (Phi) is 3.12. The predicted octanol–water partition coefficient (Wildman–Crippen LogP) is 2.39. The zero-order valence-corrected chi connectivity index (χ0v) is 11.6. The minimum absolute atomic E-state index is 0.0114. The SMILES string of the molecule is Cc1cscc1C(N)c1ccc2c(c1)C(=O)NCC2. The number of rotatable bonds is 2. The van der Waals surface area contributed by atoms with Crippen molar-refractivity contribution < 1.29 is 4.79 Å². The molecule has 0 saturated carbocycles. The van der Waals surface area contributed by atoms with Crippen LogP contribution >= 0.6 is 11.3 Å². The number of amides is 1. The molecule has 2 aromatic rings. The topological polar surface area (TPSA) is 55.1 Å². The van der Waals surface area contributed by atoms with Crippen molar-refractivity contribution in [3.05, 3.63) is 56.8 Å². The van der Waals surface area contributed by atoms with Crippen LogP contribution in [0.5, 0.6) is 0 Å². The Morgan fingerprint density at radius 2 is 2.21 bits per heavy atom. The highest BCUT2D eigenvalue weighted by molar-refractivity contribution is 7.08. The highest BCUT2D eigenvalue weighted by Gasteiger charge is 2.19. The van der Waals surface area contributed by atoms with E-state index >= 15 is 0 Å². The van der Waals surface area contributed by atoms with Gasteiger partial charge >= 0.3 is 0 Å². The van der Waals surface area contributed by atoms with Crippen LogP contribution in [0.4, 0.5) is 0 Å². The molecule has 0 saturated heterocycles. The summed E-state index contributed by atoms with van der Waals surface area (Å²) < 4.78 is 0. The van der Waals surface area contributed by atoms with Gasteiger partial charge in [0.2, 0.25) is 0 Å². The molecule has 3 rings (SSSR count). The van der Waals surface area contributed by atoms with Gasteiger partial charge in [-0.1, -0.05) is 12.1 Å². The number of nitrogens with two attached hydrogens (primary N) is 1. The van der Waals surface area contributed by atoms with Crippen LogP contribution in [0, 0.1) is 6.92 Å². The van der Waals surface area contributed by atoms with Gasteiger partial charge in [-0.2, -0.15) is 11.3 Å². The van der Waals surface area contributed by atoms with E-state index in [1.54, 1.807) is 11.3 Å². The molecule has 4 heteroatoms. The minimum Gasteiger partial charge on any atom is -0.352 e. The van der Waals surface area contributed by atoms with Crippen LogP contribution in [0.1, 0.15) is 38.7 Å².